The Morgan fingerprint density at radius 2 is 1.19 bits per heavy atom. The Hall–Kier alpha value is 0.320. The van der Waals surface area contributed by atoms with E-state index in [2.05, 4.69) is 0 Å². The van der Waals surface area contributed by atoms with Gasteiger partial charge in [-0.3, -0.25) is 0 Å². The quantitative estimate of drug-likeness (QED) is 0.324. The van der Waals surface area contributed by atoms with Gasteiger partial charge in [0.25, 0.3) is 0 Å². The Bertz CT molecular complexity index is 880. The fraction of sp³-hybridized carbons (Fsp3) is 0. The van der Waals surface area contributed by atoms with Crippen molar-refractivity contribution in [2.75, 3.05) is 5.73 Å². The van der Waals surface area contributed by atoms with Gasteiger partial charge in [0.05, 0.1) is 9.79 Å². The van der Waals surface area contributed by atoms with E-state index < -0.39 is 30.0 Å². The third kappa shape index (κ3) is 4.90. The number of fused-ring (bicyclic) bond motifs is 1. The topological polar surface area (TPSA) is 140 Å². The van der Waals surface area contributed by atoms with Crippen LogP contribution >= 0.6 is 0 Å². The van der Waals surface area contributed by atoms with Crippen molar-refractivity contribution < 1.29 is 85.1 Å². The molecule has 0 atom stereocenters. The van der Waals surface area contributed by atoms with Gasteiger partial charge in [-0.1, -0.05) is 6.07 Å². The minimum Gasteiger partial charge on any atom is -0.744 e. The van der Waals surface area contributed by atoms with Crippen molar-refractivity contribution in [3.63, 3.8) is 0 Å². The van der Waals surface area contributed by atoms with Crippen LogP contribution < -0.4 is 64.8 Å². The largest absolute Gasteiger partial charge is 1.00 e. The normalized spacial score (nSPS) is 11.5. The summed E-state index contributed by atoms with van der Waals surface area (Å²) in [4.78, 5) is -2.12. The molecule has 0 bridgehead atoms. The fourth-order valence-corrected chi connectivity index (χ4v) is 3.43. The van der Waals surface area contributed by atoms with Crippen LogP contribution in [0, 0.1) is 0 Å². The van der Waals surface area contributed by atoms with Crippen LogP contribution in [0.4, 0.5) is 5.69 Å². The van der Waals surface area contributed by atoms with E-state index in [1.165, 1.54) is 18.2 Å². The summed E-state index contributed by atoms with van der Waals surface area (Å²) in [6, 6.07) is 5.92. The Labute approximate surface area is 166 Å². The monoisotopic (exact) mass is 347 g/mol. The molecule has 0 unspecified atom stereocenters. The van der Waals surface area contributed by atoms with E-state index in [0.29, 0.717) is 5.69 Å². The van der Waals surface area contributed by atoms with Crippen LogP contribution in [-0.4, -0.2) is 25.9 Å². The standard InChI is InChI=1S/C10H9NO6S2.2Na/c11-8-2-1-6-4-9(18(12,13)14)10(19(15,16)17)5-7(6)3-8;;/h1-5H,11H2,(H,12,13,14)(H,15,16,17);;/q;2*+1/p-2. The van der Waals surface area contributed by atoms with Crippen LogP contribution in [0.1, 0.15) is 0 Å². The first kappa shape index (κ1) is 21.3. The molecular weight excluding hydrogens is 340 g/mol. The van der Waals surface area contributed by atoms with E-state index >= 15 is 0 Å². The van der Waals surface area contributed by atoms with Gasteiger partial charge in [-0.2, -0.15) is 0 Å². The number of rotatable bonds is 2. The summed E-state index contributed by atoms with van der Waals surface area (Å²) in [6.07, 6.45) is 0. The van der Waals surface area contributed by atoms with Gasteiger partial charge >= 0.3 is 59.1 Å². The van der Waals surface area contributed by atoms with Crippen LogP contribution in [0.15, 0.2) is 40.1 Å². The molecule has 0 aliphatic carbocycles. The number of anilines is 1. The first-order chi connectivity index (χ1) is 8.59. The van der Waals surface area contributed by atoms with Crippen molar-refractivity contribution in [3.05, 3.63) is 30.3 Å². The molecule has 2 N–H and O–H groups in total. The first-order valence-corrected chi connectivity index (χ1v) is 7.66. The Morgan fingerprint density at radius 3 is 1.62 bits per heavy atom. The maximum Gasteiger partial charge on any atom is 1.00 e. The van der Waals surface area contributed by atoms with Crippen molar-refractivity contribution in [3.8, 4) is 0 Å². The molecule has 7 nitrogen and oxygen atoms in total. The summed E-state index contributed by atoms with van der Waals surface area (Å²) in [6.45, 7) is 0. The second-order valence-corrected chi connectivity index (χ2v) is 6.51. The maximum absolute atomic E-state index is 11.0. The predicted molar refractivity (Wildman–Crippen MR) is 64.3 cm³/mol. The zero-order chi connectivity index (χ0) is 14.4. The van der Waals surface area contributed by atoms with Crippen LogP contribution in [0.5, 0.6) is 0 Å². The van der Waals surface area contributed by atoms with Gasteiger partial charge in [0.15, 0.2) is 0 Å². The summed E-state index contributed by atoms with van der Waals surface area (Å²) in [5, 5.41) is 0.540. The predicted octanol–water partition coefficient (Wildman–Crippen LogP) is -5.76. The zero-order valence-corrected chi connectivity index (χ0v) is 16.9. The first-order valence-electron chi connectivity index (χ1n) is 4.84. The molecule has 0 radical (unpaired) electrons. The fourth-order valence-electron chi connectivity index (χ4n) is 1.67. The minimum atomic E-state index is -5.09. The third-order valence-electron chi connectivity index (χ3n) is 2.47. The summed E-state index contributed by atoms with van der Waals surface area (Å²) in [7, 11) is -10.2. The van der Waals surface area contributed by atoms with Crippen molar-refractivity contribution in [1.82, 2.24) is 0 Å². The molecule has 11 heteroatoms. The van der Waals surface area contributed by atoms with Gasteiger partial charge in [-0.15, -0.1) is 0 Å². The van der Waals surface area contributed by atoms with Gasteiger partial charge in [-0.25, -0.2) is 16.8 Å². The number of benzene rings is 2. The number of hydrogen-bond donors (Lipinski definition) is 1. The average Bonchev–Trinajstić information content (AvgIpc) is 2.24. The summed E-state index contributed by atoms with van der Waals surface area (Å²) in [5.74, 6) is 0. The van der Waals surface area contributed by atoms with Crippen LogP contribution in [0.25, 0.3) is 10.8 Å². The van der Waals surface area contributed by atoms with Crippen LogP contribution in [0.2, 0.25) is 0 Å². The van der Waals surface area contributed by atoms with E-state index in [9.17, 15) is 25.9 Å². The van der Waals surface area contributed by atoms with E-state index in [4.69, 9.17) is 5.73 Å². The smallest absolute Gasteiger partial charge is 0.744 e. The molecular formula is C10H7NNa2O6S2. The molecule has 102 valence electrons. The van der Waals surface area contributed by atoms with Crippen LogP contribution in [-0.2, 0) is 20.2 Å². The molecule has 2 aromatic rings. The molecule has 0 aromatic heterocycles. The maximum atomic E-state index is 11.0. The van der Waals surface area contributed by atoms with Crippen molar-refractivity contribution in [2.45, 2.75) is 9.79 Å². The second-order valence-electron chi connectivity index (χ2n) is 3.81. The molecule has 21 heavy (non-hydrogen) atoms. The molecule has 0 saturated heterocycles. The van der Waals surface area contributed by atoms with Gasteiger partial charge < -0.3 is 14.8 Å². The molecule has 0 aliphatic rings. The van der Waals surface area contributed by atoms with Gasteiger partial charge in [-0.05, 0) is 35.0 Å². The molecule has 0 aliphatic heterocycles. The number of hydrogen-bond acceptors (Lipinski definition) is 7. The molecule has 2 aromatic carbocycles. The summed E-state index contributed by atoms with van der Waals surface area (Å²) >= 11 is 0. The third-order valence-corrected chi connectivity index (χ3v) is 4.35. The molecule has 0 amide bonds. The van der Waals surface area contributed by atoms with E-state index in [1.807, 2.05) is 0 Å². The molecule has 2 rings (SSSR count). The van der Waals surface area contributed by atoms with Gasteiger partial charge in [0, 0.05) is 5.69 Å². The molecule has 0 spiro atoms. The Morgan fingerprint density at radius 1 is 0.762 bits per heavy atom. The Balaban J connectivity index is 0.00000200. The minimum absolute atomic E-state index is 0. The van der Waals surface area contributed by atoms with E-state index in [0.717, 1.165) is 12.1 Å². The number of nitrogens with two attached hydrogens (primary N) is 1. The second kappa shape index (κ2) is 7.26. The van der Waals surface area contributed by atoms with E-state index in [-0.39, 0.29) is 69.9 Å². The Kier molecular flexibility index (Phi) is 7.37. The van der Waals surface area contributed by atoms with E-state index in [1.54, 1.807) is 0 Å². The van der Waals surface area contributed by atoms with Crippen molar-refractivity contribution in [2.24, 2.45) is 0 Å². The van der Waals surface area contributed by atoms with Crippen molar-refractivity contribution >= 4 is 36.7 Å². The van der Waals surface area contributed by atoms with Crippen LogP contribution in [0.3, 0.4) is 0 Å². The van der Waals surface area contributed by atoms with Gasteiger partial charge in [0.1, 0.15) is 20.2 Å². The zero-order valence-electron chi connectivity index (χ0n) is 11.2. The number of nitrogen functional groups attached to an aromatic ring is 1. The summed E-state index contributed by atoms with van der Waals surface area (Å²) < 4.78 is 66.2. The molecule has 0 saturated carbocycles. The SMILES string of the molecule is Nc1ccc2cc(S(=O)(=O)[O-])c(S(=O)(=O)[O-])cc2c1.[Na+].[Na+]. The summed E-state index contributed by atoms with van der Waals surface area (Å²) in [5.41, 5.74) is 5.80. The molecule has 0 heterocycles. The van der Waals surface area contributed by atoms with Gasteiger partial charge in [0.2, 0.25) is 0 Å². The van der Waals surface area contributed by atoms with Crippen molar-refractivity contribution in [1.29, 1.82) is 0 Å². The average molecular weight is 347 g/mol. The molecule has 0 fully saturated rings.